The summed E-state index contributed by atoms with van der Waals surface area (Å²) in [5.41, 5.74) is 0. The minimum absolute atomic E-state index is 0.175. The highest BCUT2D eigenvalue weighted by Gasteiger charge is 2.34. The lowest BCUT2D eigenvalue weighted by Gasteiger charge is -2.18. The van der Waals surface area contributed by atoms with Crippen LogP contribution in [0.25, 0.3) is 0 Å². The lowest BCUT2D eigenvalue weighted by molar-refractivity contribution is -0.145. The van der Waals surface area contributed by atoms with E-state index in [1.807, 2.05) is 13.8 Å². The molecule has 0 aliphatic heterocycles. The minimum Gasteiger partial charge on any atom is -0.465 e. The number of nitrogens with zero attached hydrogens (tertiary/aromatic N) is 3. The molecule has 19 heavy (non-hydrogen) atoms. The number of ether oxygens (including phenoxy) is 1. The average Bonchev–Trinajstić information content (AvgIpc) is 3.10. The first-order chi connectivity index (χ1) is 9.04. The molecule has 1 unspecified atom stereocenters. The number of aromatic nitrogens is 3. The topological polar surface area (TPSA) is 57.0 Å². The van der Waals surface area contributed by atoms with Crippen molar-refractivity contribution >= 4 is 5.97 Å². The smallest absolute Gasteiger partial charge is 0.316 e. The van der Waals surface area contributed by atoms with Crippen molar-refractivity contribution in [2.45, 2.75) is 58.9 Å². The fraction of sp³-hybridized carbons (Fsp3) is 0.786. The summed E-state index contributed by atoms with van der Waals surface area (Å²) in [6.45, 7) is 8.41. The molecule has 1 aliphatic carbocycles. The van der Waals surface area contributed by atoms with Gasteiger partial charge in [0.25, 0.3) is 0 Å². The molecule has 1 heterocycles. The molecule has 0 bridgehead atoms. The molecule has 0 saturated heterocycles. The van der Waals surface area contributed by atoms with E-state index < -0.39 is 0 Å². The Bertz CT molecular complexity index is 450. The summed E-state index contributed by atoms with van der Waals surface area (Å²) in [4.78, 5) is 12.2. The Morgan fingerprint density at radius 3 is 2.63 bits per heavy atom. The molecular weight excluding hydrogens is 242 g/mol. The van der Waals surface area contributed by atoms with E-state index in [4.69, 9.17) is 4.74 Å². The van der Waals surface area contributed by atoms with E-state index in [0.717, 1.165) is 30.9 Å². The first kappa shape index (κ1) is 14.0. The Hall–Kier alpha value is -1.39. The monoisotopic (exact) mass is 265 g/mol. The van der Waals surface area contributed by atoms with Gasteiger partial charge in [0, 0.05) is 6.04 Å². The average molecular weight is 265 g/mol. The van der Waals surface area contributed by atoms with Crippen molar-refractivity contribution in [1.29, 1.82) is 0 Å². The standard InChI is InChI=1S/C14H23N3O2/c1-5-19-14(18)12(8-9(2)3)13-16-15-10(4)17(13)11-6-7-11/h9,11-12H,5-8H2,1-4H3. The second-order valence-electron chi connectivity index (χ2n) is 5.64. The van der Waals surface area contributed by atoms with Gasteiger partial charge in [-0.25, -0.2) is 0 Å². The van der Waals surface area contributed by atoms with Crippen LogP contribution in [0.2, 0.25) is 0 Å². The molecule has 1 atom stereocenters. The van der Waals surface area contributed by atoms with Crippen molar-refractivity contribution in [3.8, 4) is 0 Å². The number of hydrogen-bond acceptors (Lipinski definition) is 4. The van der Waals surface area contributed by atoms with Crippen LogP contribution in [-0.4, -0.2) is 27.3 Å². The third-order valence-electron chi connectivity index (χ3n) is 3.39. The molecule has 106 valence electrons. The summed E-state index contributed by atoms with van der Waals surface area (Å²) in [7, 11) is 0. The van der Waals surface area contributed by atoms with Gasteiger partial charge < -0.3 is 9.30 Å². The molecule has 1 fully saturated rings. The van der Waals surface area contributed by atoms with Crippen LogP contribution in [0.15, 0.2) is 0 Å². The van der Waals surface area contributed by atoms with Gasteiger partial charge in [-0.1, -0.05) is 13.8 Å². The molecule has 1 aliphatic rings. The molecular formula is C14H23N3O2. The molecule has 0 radical (unpaired) electrons. The van der Waals surface area contributed by atoms with E-state index in [2.05, 4.69) is 28.6 Å². The highest BCUT2D eigenvalue weighted by Crippen LogP contribution is 2.39. The van der Waals surface area contributed by atoms with E-state index in [0.29, 0.717) is 18.6 Å². The predicted octanol–water partition coefficient (Wildman–Crippen LogP) is 2.61. The number of rotatable bonds is 6. The van der Waals surface area contributed by atoms with E-state index in [1.54, 1.807) is 0 Å². The summed E-state index contributed by atoms with van der Waals surface area (Å²) in [6.07, 6.45) is 3.07. The number of aryl methyl sites for hydroxylation is 1. The van der Waals surface area contributed by atoms with Crippen molar-refractivity contribution in [1.82, 2.24) is 14.8 Å². The van der Waals surface area contributed by atoms with Gasteiger partial charge in [0.05, 0.1) is 6.61 Å². The Labute approximate surface area is 114 Å². The molecule has 0 spiro atoms. The normalized spacial score (nSPS) is 16.7. The summed E-state index contributed by atoms with van der Waals surface area (Å²) in [5, 5.41) is 8.40. The van der Waals surface area contributed by atoms with Crippen LogP contribution < -0.4 is 0 Å². The van der Waals surface area contributed by atoms with E-state index in [1.165, 1.54) is 0 Å². The van der Waals surface area contributed by atoms with E-state index >= 15 is 0 Å². The van der Waals surface area contributed by atoms with Gasteiger partial charge in [-0.2, -0.15) is 0 Å². The van der Waals surface area contributed by atoms with Crippen molar-refractivity contribution in [2.75, 3.05) is 6.61 Å². The van der Waals surface area contributed by atoms with Gasteiger partial charge in [-0.3, -0.25) is 4.79 Å². The quantitative estimate of drug-likeness (QED) is 0.742. The van der Waals surface area contributed by atoms with Crippen molar-refractivity contribution in [3.63, 3.8) is 0 Å². The Morgan fingerprint density at radius 2 is 2.11 bits per heavy atom. The third kappa shape index (κ3) is 3.14. The zero-order chi connectivity index (χ0) is 14.0. The molecule has 0 N–H and O–H groups in total. The lowest BCUT2D eigenvalue weighted by atomic mass is 9.96. The molecule has 1 aromatic rings. The van der Waals surface area contributed by atoms with E-state index in [9.17, 15) is 4.79 Å². The molecule has 1 aromatic heterocycles. The summed E-state index contributed by atoms with van der Waals surface area (Å²) < 4.78 is 7.33. The van der Waals surface area contributed by atoms with Crippen molar-refractivity contribution in [2.24, 2.45) is 5.92 Å². The molecule has 0 aromatic carbocycles. The fourth-order valence-electron chi connectivity index (χ4n) is 2.43. The van der Waals surface area contributed by atoms with Crippen LogP contribution in [0.1, 0.15) is 63.6 Å². The van der Waals surface area contributed by atoms with Gasteiger partial charge in [0.1, 0.15) is 17.6 Å². The number of esters is 1. The largest absolute Gasteiger partial charge is 0.465 e. The molecule has 1 saturated carbocycles. The van der Waals surface area contributed by atoms with Crippen LogP contribution >= 0.6 is 0 Å². The molecule has 0 amide bonds. The second kappa shape index (κ2) is 5.72. The first-order valence-corrected chi connectivity index (χ1v) is 7.12. The summed E-state index contributed by atoms with van der Waals surface area (Å²) in [6, 6.07) is 0.481. The molecule has 5 nitrogen and oxygen atoms in total. The number of carbonyl (C=O) groups excluding carboxylic acids is 1. The highest BCUT2D eigenvalue weighted by atomic mass is 16.5. The molecule has 5 heteroatoms. The summed E-state index contributed by atoms with van der Waals surface area (Å²) >= 11 is 0. The number of carbonyl (C=O) groups is 1. The molecule has 2 rings (SSSR count). The maximum Gasteiger partial charge on any atom is 0.316 e. The van der Waals surface area contributed by atoms with Crippen LogP contribution in [0, 0.1) is 12.8 Å². The van der Waals surface area contributed by atoms with Gasteiger partial charge >= 0.3 is 5.97 Å². The minimum atomic E-state index is -0.290. The fourth-order valence-corrected chi connectivity index (χ4v) is 2.43. The maximum atomic E-state index is 12.2. The second-order valence-corrected chi connectivity index (χ2v) is 5.64. The first-order valence-electron chi connectivity index (χ1n) is 7.12. The SMILES string of the molecule is CCOC(=O)C(CC(C)C)c1nnc(C)n1C1CC1. The Morgan fingerprint density at radius 1 is 1.42 bits per heavy atom. The Balaban J connectivity index is 2.29. The summed E-state index contributed by atoms with van der Waals surface area (Å²) in [5.74, 6) is 1.63. The zero-order valence-corrected chi connectivity index (χ0v) is 12.2. The lowest BCUT2D eigenvalue weighted by Crippen LogP contribution is -2.22. The Kier molecular flexibility index (Phi) is 4.22. The van der Waals surface area contributed by atoms with Gasteiger partial charge in [0.15, 0.2) is 0 Å². The van der Waals surface area contributed by atoms with Crippen LogP contribution in [-0.2, 0) is 9.53 Å². The van der Waals surface area contributed by atoms with Crippen LogP contribution in [0.4, 0.5) is 0 Å². The van der Waals surface area contributed by atoms with Crippen LogP contribution in [0.5, 0.6) is 0 Å². The van der Waals surface area contributed by atoms with Crippen molar-refractivity contribution in [3.05, 3.63) is 11.6 Å². The number of hydrogen-bond donors (Lipinski definition) is 0. The van der Waals surface area contributed by atoms with Gasteiger partial charge in [-0.05, 0) is 39.0 Å². The third-order valence-corrected chi connectivity index (χ3v) is 3.39. The predicted molar refractivity (Wildman–Crippen MR) is 71.9 cm³/mol. The van der Waals surface area contributed by atoms with Crippen LogP contribution in [0.3, 0.4) is 0 Å². The van der Waals surface area contributed by atoms with E-state index in [-0.39, 0.29) is 11.9 Å². The van der Waals surface area contributed by atoms with Gasteiger partial charge in [0.2, 0.25) is 0 Å². The maximum absolute atomic E-state index is 12.2. The zero-order valence-electron chi connectivity index (χ0n) is 12.2. The van der Waals surface area contributed by atoms with Crippen molar-refractivity contribution < 1.29 is 9.53 Å². The highest BCUT2D eigenvalue weighted by molar-refractivity contribution is 5.77. The van der Waals surface area contributed by atoms with Gasteiger partial charge in [-0.15, -0.1) is 10.2 Å².